The third kappa shape index (κ3) is 2.34. The lowest BCUT2D eigenvalue weighted by atomic mass is 10.1. The van der Waals surface area contributed by atoms with Crippen molar-refractivity contribution in [3.05, 3.63) is 0 Å². The number of hydrogen-bond acceptors (Lipinski definition) is 3. The van der Waals surface area contributed by atoms with Gasteiger partial charge in [0.15, 0.2) is 0 Å². The summed E-state index contributed by atoms with van der Waals surface area (Å²) in [6.07, 6.45) is 2.26. The maximum absolute atomic E-state index is 11.8. The molecule has 0 unspecified atom stereocenters. The molecular formula is C11H20ClN3O. The predicted octanol–water partition coefficient (Wildman–Crippen LogP) is -0.0658. The molecule has 2 saturated heterocycles. The quantitative estimate of drug-likeness (QED) is 0.740. The highest BCUT2D eigenvalue weighted by Crippen LogP contribution is 2.31. The topological polar surface area (TPSA) is 35.6 Å². The molecule has 3 aliphatic rings. The van der Waals surface area contributed by atoms with Crippen LogP contribution in [0.1, 0.15) is 12.8 Å². The minimum absolute atomic E-state index is 0. The van der Waals surface area contributed by atoms with Crippen molar-refractivity contribution >= 4 is 18.3 Å². The molecule has 0 aromatic heterocycles. The molecule has 92 valence electrons. The molecule has 0 bridgehead atoms. The third-order valence-corrected chi connectivity index (χ3v) is 3.83. The Morgan fingerprint density at radius 1 is 1.06 bits per heavy atom. The Bertz CT molecular complexity index is 258. The molecule has 1 saturated carbocycles. The number of rotatable bonds is 2. The number of amides is 1. The van der Waals surface area contributed by atoms with E-state index < -0.39 is 0 Å². The molecule has 0 aromatic rings. The third-order valence-electron chi connectivity index (χ3n) is 3.83. The fourth-order valence-electron chi connectivity index (χ4n) is 2.43. The first-order valence-electron chi connectivity index (χ1n) is 6.08. The summed E-state index contributed by atoms with van der Waals surface area (Å²) in [5.74, 6) is 0.809. The fourth-order valence-corrected chi connectivity index (χ4v) is 2.43. The van der Waals surface area contributed by atoms with Crippen LogP contribution in [0.25, 0.3) is 0 Å². The highest BCUT2D eigenvalue weighted by molar-refractivity contribution is 5.85. The van der Waals surface area contributed by atoms with Gasteiger partial charge in [0.2, 0.25) is 5.91 Å². The Balaban J connectivity index is 0.000000963. The van der Waals surface area contributed by atoms with E-state index in [9.17, 15) is 4.79 Å². The van der Waals surface area contributed by atoms with Crippen LogP contribution >= 0.6 is 12.4 Å². The number of carbonyl (C=O) groups is 1. The molecule has 2 aliphatic heterocycles. The van der Waals surface area contributed by atoms with E-state index in [0.29, 0.717) is 11.8 Å². The number of piperazine rings is 1. The summed E-state index contributed by atoms with van der Waals surface area (Å²) >= 11 is 0. The zero-order valence-electron chi connectivity index (χ0n) is 9.52. The number of nitrogens with one attached hydrogen (secondary N) is 1. The van der Waals surface area contributed by atoms with Crippen molar-refractivity contribution in [1.82, 2.24) is 15.1 Å². The minimum atomic E-state index is 0. The van der Waals surface area contributed by atoms with Gasteiger partial charge in [-0.2, -0.15) is 0 Å². The lowest BCUT2D eigenvalue weighted by Crippen LogP contribution is -2.62. The van der Waals surface area contributed by atoms with Gasteiger partial charge in [-0.3, -0.25) is 9.69 Å². The predicted molar refractivity (Wildman–Crippen MR) is 64.8 cm³/mol. The Hall–Kier alpha value is -0.320. The molecule has 3 fully saturated rings. The molecule has 2 heterocycles. The van der Waals surface area contributed by atoms with Gasteiger partial charge in [-0.05, 0) is 12.8 Å². The van der Waals surface area contributed by atoms with Crippen molar-refractivity contribution in [2.75, 3.05) is 39.3 Å². The lowest BCUT2D eigenvalue weighted by Gasteiger charge is -2.43. The second-order valence-electron chi connectivity index (χ2n) is 4.95. The van der Waals surface area contributed by atoms with Crippen LogP contribution in [0.2, 0.25) is 0 Å². The summed E-state index contributed by atoms with van der Waals surface area (Å²) in [5.41, 5.74) is 0. The molecule has 1 amide bonds. The van der Waals surface area contributed by atoms with Gasteiger partial charge in [-0.15, -0.1) is 12.4 Å². The Labute approximate surface area is 103 Å². The van der Waals surface area contributed by atoms with Gasteiger partial charge in [0.25, 0.3) is 0 Å². The summed E-state index contributed by atoms with van der Waals surface area (Å²) in [4.78, 5) is 16.4. The Morgan fingerprint density at radius 3 is 2.12 bits per heavy atom. The monoisotopic (exact) mass is 245 g/mol. The molecule has 16 heavy (non-hydrogen) atoms. The summed E-state index contributed by atoms with van der Waals surface area (Å²) in [5, 5.41) is 3.30. The van der Waals surface area contributed by atoms with Crippen molar-refractivity contribution in [2.24, 2.45) is 5.92 Å². The zero-order chi connectivity index (χ0) is 10.3. The molecule has 0 radical (unpaired) electrons. The first-order chi connectivity index (χ1) is 7.34. The van der Waals surface area contributed by atoms with E-state index in [1.807, 2.05) is 0 Å². The number of hydrogen-bond donors (Lipinski definition) is 1. The van der Waals surface area contributed by atoms with E-state index in [0.717, 1.165) is 58.2 Å². The van der Waals surface area contributed by atoms with Gasteiger partial charge in [0, 0.05) is 51.2 Å². The fraction of sp³-hybridized carbons (Fsp3) is 0.909. The highest BCUT2D eigenvalue weighted by Gasteiger charge is 2.35. The normalized spacial score (nSPS) is 27.1. The summed E-state index contributed by atoms with van der Waals surface area (Å²) in [7, 11) is 0. The van der Waals surface area contributed by atoms with Gasteiger partial charge in [-0.1, -0.05) is 0 Å². The summed E-state index contributed by atoms with van der Waals surface area (Å²) < 4.78 is 0. The first-order valence-corrected chi connectivity index (χ1v) is 6.08. The average Bonchev–Trinajstić information content (AvgIpc) is 2.98. The van der Waals surface area contributed by atoms with E-state index >= 15 is 0 Å². The maximum atomic E-state index is 11.8. The number of carbonyl (C=O) groups excluding carboxylic acids is 1. The lowest BCUT2D eigenvalue weighted by molar-refractivity contribution is -0.134. The summed E-state index contributed by atoms with van der Waals surface area (Å²) in [6, 6.07) is 0.739. The van der Waals surface area contributed by atoms with Gasteiger partial charge in [-0.25, -0.2) is 0 Å². The van der Waals surface area contributed by atoms with E-state index in [2.05, 4.69) is 15.1 Å². The molecule has 5 heteroatoms. The largest absolute Gasteiger partial charge is 0.340 e. The van der Waals surface area contributed by atoms with E-state index in [4.69, 9.17) is 0 Å². The van der Waals surface area contributed by atoms with Crippen LogP contribution < -0.4 is 5.32 Å². The van der Waals surface area contributed by atoms with Crippen molar-refractivity contribution in [1.29, 1.82) is 0 Å². The zero-order valence-corrected chi connectivity index (χ0v) is 10.3. The second-order valence-corrected chi connectivity index (χ2v) is 4.95. The Morgan fingerprint density at radius 2 is 1.69 bits per heavy atom. The van der Waals surface area contributed by atoms with E-state index in [1.54, 1.807) is 0 Å². The van der Waals surface area contributed by atoms with Gasteiger partial charge in [0.1, 0.15) is 0 Å². The average molecular weight is 246 g/mol. The Kier molecular flexibility index (Phi) is 3.72. The molecule has 1 N–H and O–H groups in total. The highest BCUT2D eigenvalue weighted by atomic mass is 35.5. The van der Waals surface area contributed by atoms with Crippen LogP contribution in [0.15, 0.2) is 0 Å². The molecule has 3 rings (SSSR count). The summed E-state index contributed by atoms with van der Waals surface area (Å²) in [6.45, 7) is 6.32. The van der Waals surface area contributed by atoms with Crippen molar-refractivity contribution < 1.29 is 4.79 Å². The number of nitrogens with zero attached hydrogens (tertiary/aromatic N) is 2. The number of halogens is 1. The van der Waals surface area contributed by atoms with Crippen LogP contribution in [0.5, 0.6) is 0 Å². The molecular weight excluding hydrogens is 226 g/mol. The molecule has 4 nitrogen and oxygen atoms in total. The van der Waals surface area contributed by atoms with E-state index in [1.165, 1.54) is 0 Å². The smallest absolute Gasteiger partial charge is 0.225 e. The van der Waals surface area contributed by atoms with E-state index in [-0.39, 0.29) is 12.4 Å². The standard InChI is InChI=1S/C11H19N3O.ClH/c15-11(9-1-2-9)14-5-3-13(4-6-14)10-7-12-8-10;/h9-10,12H,1-8H2;1H. The van der Waals surface area contributed by atoms with Crippen LogP contribution in [0.4, 0.5) is 0 Å². The SMILES string of the molecule is Cl.O=C(C1CC1)N1CCN(C2CNC2)CC1. The van der Waals surface area contributed by atoms with Gasteiger partial charge in [0.05, 0.1) is 0 Å². The first kappa shape index (κ1) is 12.1. The minimum Gasteiger partial charge on any atom is -0.340 e. The van der Waals surface area contributed by atoms with Crippen LogP contribution in [0.3, 0.4) is 0 Å². The van der Waals surface area contributed by atoms with Crippen LogP contribution in [-0.2, 0) is 4.79 Å². The van der Waals surface area contributed by atoms with Crippen molar-refractivity contribution in [3.63, 3.8) is 0 Å². The van der Waals surface area contributed by atoms with Crippen molar-refractivity contribution in [3.8, 4) is 0 Å². The van der Waals surface area contributed by atoms with Gasteiger partial charge >= 0.3 is 0 Å². The van der Waals surface area contributed by atoms with Crippen LogP contribution in [-0.4, -0.2) is 61.0 Å². The molecule has 0 aromatic carbocycles. The van der Waals surface area contributed by atoms with Gasteiger partial charge < -0.3 is 10.2 Å². The van der Waals surface area contributed by atoms with Crippen molar-refractivity contribution in [2.45, 2.75) is 18.9 Å². The molecule has 1 aliphatic carbocycles. The molecule has 0 spiro atoms. The van der Waals surface area contributed by atoms with Crippen LogP contribution in [0, 0.1) is 5.92 Å². The molecule has 0 atom stereocenters. The maximum Gasteiger partial charge on any atom is 0.225 e. The second kappa shape index (κ2) is 4.90.